The normalized spacial score (nSPS) is 19.0. The Hall–Kier alpha value is -2.90. The van der Waals surface area contributed by atoms with Crippen molar-refractivity contribution in [3.63, 3.8) is 0 Å². The van der Waals surface area contributed by atoms with Gasteiger partial charge in [0.05, 0.1) is 29.7 Å². The van der Waals surface area contributed by atoms with Gasteiger partial charge in [-0.1, -0.05) is 0 Å². The number of amides is 3. The number of rotatable bonds is 3. The van der Waals surface area contributed by atoms with Crippen LogP contribution in [-0.2, 0) is 4.79 Å². The fourth-order valence-corrected chi connectivity index (χ4v) is 3.65. The highest BCUT2D eigenvalue weighted by molar-refractivity contribution is 6.02. The van der Waals surface area contributed by atoms with Gasteiger partial charge in [-0.25, -0.2) is 9.78 Å². The summed E-state index contributed by atoms with van der Waals surface area (Å²) >= 11 is 0. The zero-order chi connectivity index (χ0) is 20.0. The number of hydrogen-bond donors (Lipinski definition) is 1. The maximum Gasteiger partial charge on any atom is 0.323 e. The van der Waals surface area contributed by atoms with Crippen molar-refractivity contribution < 1.29 is 9.59 Å². The summed E-state index contributed by atoms with van der Waals surface area (Å²) < 4.78 is 1.98. The number of fused-ring (bicyclic) bond motifs is 1. The molecule has 0 spiro atoms. The largest absolute Gasteiger partial charge is 0.335 e. The molecule has 1 N–H and O–H groups in total. The number of aromatic nitrogens is 3. The predicted octanol–water partition coefficient (Wildman–Crippen LogP) is 2.96. The average Bonchev–Trinajstić information content (AvgIpc) is 3.36. The van der Waals surface area contributed by atoms with E-state index in [0.717, 1.165) is 24.1 Å². The fraction of sp³-hybridized carbons (Fsp3) is 0.500. The maximum atomic E-state index is 12.8. The number of carbonyl (C=O) groups is 2. The second-order valence-electron chi connectivity index (χ2n) is 7.93. The van der Waals surface area contributed by atoms with Gasteiger partial charge >= 0.3 is 6.03 Å². The molecule has 2 aromatic rings. The first-order valence-corrected chi connectivity index (χ1v) is 9.78. The summed E-state index contributed by atoms with van der Waals surface area (Å²) in [6.45, 7) is 7.71. The molecule has 1 saturated carbocycles. The summed E-state index contributed by atoms with van der Waals surface area (Å²) in [7, 11) is 0. The molecule has 2 aliphatic rings. The van der Waals surface area contributed by atoms with E-state index in [1.54, 1.807) is 16.0 Å². The van der Waals surface area contributed by atoms with Gasteiger partial charge in [-0.3, -0.25) is 14.4 Å². The molecular weight excluding hydrogens is 356 g/mol. The molecular formula is C20H26N6O2. The quantitative estimate of drug-likeness (QED) is 0.885. The molecule has 1 atom stereocenters. The first kappa shape index (κ1) is 18.5. The van der Waals surface area contributed by atoms with Crippen LogP contribution in [0.3, 0.4) is 0 Å². The lowest BCUT2D eigenvalue weighted by Crippen LogP contribution is -2.54. The molecule has 0 saturated heterocycles. The Morgan fingerprint density at radius 3 is 2.64 bits per heavy atom. The lowest BCUT2D eigenvalue weighted by atomic mass is 10.1. The first-order chi connectivity index (χ1) is 13.3. The number of urea groups is 1. The van der Waals surface area contributed by atoms with E-state index in [1.165, 1.54) is 6.92 Å². The Bertz CT molecular complexity index is 917. The second kappa shape index (κ2) is 6.92. The average molecular weight is 382 g/mol. The topological polar surface area (TPSA) is 83.4 Å². The number of hydrogen-bond acceptors (Lipinski definition) is 4. The van der Waals surface area contributed by atoms with E-state index in [4.69, 9.17) is 4.98 Å². The molecule has 1 aliphatic carbocycles. The highest BCUT2D eigenvalue weighted by Crippen LogP contribution is 2.38. The van der Waals surface area contributed by atoms with Crippen LogP contribution in [0.25, 0.3) is 11.3 Å². The number of pyridine rings is 1. The molecule has 28 heavy (non-hydrogen) atoms. The van der Waals surface area contributed by atoms with Crippen molar-refractivity contribution in [2.45, 2.75) is 58.7 Å². The summed E-state index contributed by atoms with van der Waals surface area (Å²) in [6, 6.07) is 3.93. The fourth-order valence-electron chi connectivity index (χ4n) is 3.65. The molecule has 0 unspecified atom stereocenters. The van der Waals surface area contributed by atoms with E-state index in [-0.39, 0.29) is 24.0 Å². The second-order valence-corrected chi connectivity index (χ2v) is 7.93. The Morgan fingerprint density at radius 1 is 1.25 bits per heavy atom. The molecule has 1 aliphatic heterocycles. The molecule has 3 heterocycles. The van der Waals surface area contributed by atoms with Gasteiger partial charge in [0, 0.05) is 31.3 Å². The third-order valence-corrected chi connectivity index (χ3v) is 5.07. The zero-order valence-corrected chi connectivity index (χ0v) is 16.7. The van der Waals surface area contributed by atoms with Crippen molar-refractivity contribution in [3.8, 4) is 11.3 Å². The summed E-state index contributed by atoms with van der Waals surface area (Å²) in [5.74, 6) is 0.442. The van der Waals surface area contributed by atoms with E-state index < -0.39 is 0 Å². The number of carbonyl (C=O) groups excluding carboxylic acids is 2. The molecule has 0 bridgehead atoms. The van der Waals surface area contributed by atoms with Crippen molar-refractivity contribution in [3.05, 3.63) is 24.5 Å². The van der Waals surface area contributed by atoms with E-state index >= 15 is 0 Å². The van der Waals surface area contributed by atoms with E-state index in [1.807, 2.05) is 43.8 Å². The van der Waals surface area contributed by atoms with Crippen LogP contribution in [-0.4, -0.2) is 45.3 Å². The van der Waals surface area contributed by atoms with Crippen molar-refractivity contribution in [1.82, 2.24) is 20.1 Å². The van der Waals surface area contributed by atoms with Crippen LogP contribution in [0.1, 0.15) is 46.6 Å². The minimum absolute atomic E-state index is 0.0112. The van der Waals surface area contributed by atoms with Crippen LogP contribution in [0, 0.1) is 0 Å². The van der Waals surface area contributed by atoms with Crippen molar-refractivity contribution in [2.75, 3.05) is 16.3 Å². The Kier molecular flexibility index (Phi) is 4.56. The number of anilines is 2. The van der Waals surface area contributed by atoms with Crippen molar-refractivity contribution in [1.29, 1.82) is 0 Å². The van der Waals surface area contributed by atoms with Crippen molar-refractivity contribution >= 4 is 23.4 Å². The monoisotopic (exact) mass is 382 g/mol. The minimum Gasteiger partial charge on any atom is -0.335 e. The number of nitrogens with one attached hydrogen (secondary N) is 1. The van der Waals surface area contributed by atoms with E-state index in [2.05, 4.69) is 10.4 Å². The van der Waals surface area contributed by atoms with Crippen LogP contribution in [0.15, 0.2) is 24.5 Å². The van der Waals surface area contributed by atoms with Crippen LogP contribution >= 0.6 is 0 Å². The van der Waals surface area contributed by atoms with Crippen LogP contribution in [0.2, 0.25) is 0 Å². The summed E-state index contributed by atoms with van der Waals surface area (Å²) in [6.07, 6.45) is 6.12. The molecule has 3 amide bonds. The van der Waals surface area contributed by atoms with Gasteiger partial charge in [0.2, 0.25) is 5.91 Å². The summed E-state index contributed by atoms with van der Waals surface area (Å²) in [5.41, 5.74) is 2.31. The summed E-state index contributed by atoms with van der Waals surface area (Å²) in [5, 5.41) is 7.37. The Balaban J connectivity index is 1.75. The zero-order valence-electron chi connectivity index (χ0n) is 16.7. The molecule has 0 aromatic carbocycles. The predicted molar refractivity (Wildman–Crippen MR) is 107 cm³/mol. The standard InChI is InChI=1S/C20H26N6O2/c1-12(2)22-20(28)24-10-13(3)26(14(4)27)18-8-7-17(23-19(18)24)15-9-21-25(11-15)16-5-6-16/h7-9,11-13,16H,5-6,10H2,1-4H3,(H,22,28)/t13-/m0/s1. The minimum atomic E-state index is -0.204. The molecule has 0 radical (unpaired) electrons. The highest BCUT2D eigenvalue weighted by Gasteiger charge is 2.35. The van der Waals surface area contributed by atoms with Crippen LogP contribution in [0.4, 0.5) is 16.3 Å². The lowest BCUT2D eigenvalue weighted by Gasteiger charge is -2.40. The lowest BCUT2D eigenvalue weighted by molar-refractivity contribution is -0.117. The van der Waals surface area contributed by atoms with Gasteiger partial charge in [0.1, 0.15) is 0 Å². The first-order valence-electron chi connectivity index (χ1n) is 9.78. The smallest absolute Gasteiger partial charge is 0.323 e. The van der Waals surface area contributed by atoms with E-state index in [0.29, 0.717) is 24.1 Å². The Morgan fingerprint density at radius 2 is 2.00 bits per heavy atom. The molecule has 2 aromatic heterocycles. The maximum absolute atomic E-state index is 12.8. The molecule has 8 heteroatoms. The number of nitrogens with zero attached hydrogens (tertiary/aromatic N) is 5. The van der Waals surface area contributed by atoms with E-state index in [9.17, 15) is 9.59 Å². The molecule has 148 valence electrons. The summed E-state index contributed by atoms with van der Waals surface area (Å²) in [4.78, 5) is 33.1. The SMILES string of the molecule is CC(=O)N1c2ccc(-c3cnn(C4CC4)c3)nc2N(C(=O)NC(C)C)C[C@@H]1C. The van der Waals surface area contributed by atoms with Crippen molar-refractivity contribution in [2.24, 2.45) is 0 Å². The molecule has 8 nitrogen and oxygen atoms in total. The third-order valence-electron chi connectivity index (χ3n) is 5.07. The van der Waals surface area contributed by atoms with Gasteiger partial charge in [0.15, 0.2) is 5.82 Å². The highest BCUT2D eigenvalue weighted by atomic mass is 16.2. The van der Waals surface area contributed by atoms with Gasteiger partial charge in [0.25, 0.3) is 0 Å². The van der Waals surface area contributed by atoms with Gasteiger partial charge in [-0.2, -0.15) is 5.10 Å². The van der Waals surface area contributed by atoms with Crippen LogP contribution in [0.5, 0.6) is 0 Å². The van der Waals surface area contributed by atoms with Gasteiger partial charge < -0.3 is 10.2 Å². The molecule has 4 rings (SSSR count). The van der Waals surface area contributed by atoms with Crippen LogP contribution < -0.4 is 15.1 Å². The molecule has 1 fully saturated rings. The Labute approximate surface area is 164 Å². The van der Waals surface area contributed by atoms with Gasteiger partial charge in [-0.05, 0) is 45.7 Å². The third kappa shape index (κ3) is 3.34. The van der Waals surface area contributed by atoms with Gasteiger partial charge in [-0.15, -0.1) is 0 Å².